The highest BCUT2D eigenvalue weighted by Gasteiger charge is 2.28. The predicted octanol–water partition coefficient (Wildman–Crippen LogP) is 1.33. The summed E-state index contributed by atoms with van der Waals surface area (Å²) >= 11 is 1.32. The van der Waals surface area contributed by atoms with E-state index in [1.807, 2.05) is 0 Å². The summed E-state index contributed by atoms with van der Waals surface area (Å²) < 4.78 is 1.41. The molecule has 1 aliphatic carbocycles. The summed E-state index contributed by atoms with van der Waals surface area (Å²) in [6, 6.07) is 0.296. The Labute approximate surface area is 123 Å². The van der Waals surface area contributed by atoms with Gasteiger partial charge in [-0.3, -0.25) is 4.79 Å². The number of carbonyl (C=O) groups is 1. The molecule has 3 N–H and O–H groups in total. The van der Waals surface area contributed by atoms with Crippen LogP contribution in [0.25, 0.3) is 0 Å². The zero-order chi connectivity index (χ0) is 14.7. The summed E-state index contributed by atoms with van der Waals surface area (Å²) in [7, 11) is 0. The van der Waals surface area contributed by atoms with Crippen molar-refractivity contribution in [2.45, 2.75) is 51.2 Å². The van der Waals surface area contributed by atoms with E-state index in [1.54, 1.807) is 6.92 Å². The molecule has 0 bridgehead atoms. The summed E-state index contributed by atoms with van der Waals surface area (Å²) in [5.41, 5.74) is 0. The highest BCUT2D eigenvalue weighted by Crippen LogP contribution is 2.29. The molecule has 0 aliphatic heterocycles. The molecule has 0 spiro atoms. The van der Waals surface area contributed by atoms with E-state index in [0.717, 1.165) is 6.42 Å². The number of aromatic nitrogens is 3. The van der Waals surface area contributed by atoms with Gasteiger partial charge >= 0.3 is 0 Å². The van der Waals surface area contributed by atoms with Crippen molar-refractivity contribution in [3.8, 4) is 0 Å². The number of hydrogen-bond acceptors (Lipinski definition) is 5. The van der Waals surface area contributed by atoms with Gasteiger partial charge in [0.25, 0.3) is 0 Å². The Morgan fingerprint density at radius 1 is 1.45 bits per heavy atom. The number of amides is 1. The lowest BCUT2D eigenvalue weighted by atomic mass is 9.78. The average Bonchev–Trinajstić information content (AvgIpc) is 2.73. The first-order valence-electron chi connectivity index (χ1n) is 7.08. The van der Waals surface area contributed by atoms with Gasteiger partial charge in [-0.25, -0.2) is 4.68 Å². The minimum Gasteiger partial charge on any atom is -0.352 e. The van der Waals surface area contributed by atoms with Gasteiger partial charge in [0.1, 0.15) is 5.82 Å². The fourth-order valence-electron chi connectivity index (χ4n) is 2.61. The van der Waals surface area contributed by atoms with Crippen molar-refractivity contribution in [1.29, 1.82) is 0 Å². The van der Waals surface area contributed by atoms with Gasteiger partial charge < -0.3 is 11.2 Å². The minimum absolute atomic E-state index is 0.0432. The van der Waals surface area contributed by atoms with Gasteiger partial charge in [-0.2, -0.15) is 0 Å². The van der Waals surface area contributed by atoms with Crippen molar-refractivity contribution < 1.29 is 4.79 Å². The first kappa shape index (κ1) is 15.2. The molecule has 6 nitrogen and oxygen atoms in total. The first-order chi connectivity index (χ1) is 9.49. The van der Waals surface area contributed by atoms with Crippen LogP contribution in [0.4, 0.5) is 0 Å². The Bertz CT molecular complexity index is 475. The number of nitrogens with two attached hydrogens (primary N) is 1. The van der Waals surface area contributed by atoms with E-state index in [4.69, 9.17) is 5.84 Å². The molecule has 1 aliphatic rings. The average molecular weight is 297 g/mol. The second-order valence-corrected chi connectivity index (χ2v) is 6.57. The van der Waals surface area contributed by atoms with Crippen LogP contribution in [0.5, 0.6) is 0 Å². The lowest BCUT2D eigenvalue weighted by Crippen LogP contribution is -2.44. The minimum atomic E-state index is 0.0432. The second kappa shape index (κ2) is 6.47. The monoisotopic (exact) mass is 297 g/mol. The third-order valence-corrected chi connectivity index (χ3v) is 5.16. The van der Waals surface area contributed by atoms with Gasteiger partial charge in [-0.15, -0.1) is 10.2 Å². The number of thioether (sulfide) groups is 1. The normalized spacial score (nSPS) is 26.4. The third kappa shape index (κ3) is 3.45. The molecule has 1 heterocycles. The van der Waals surface area contributed by atoms with Crippen LogP contribution in [0.1, 0.15) is 38.9 Å². The standard InChI is InChI=1S/C13H23N5OS/c1-8-5-4-6-11(9(8)2)15-12(19)7-20-13-17-16-10(3)18(13)14/h8-9,11H,4-7,14H2,1-3H3,(H,15,19)/t8-,9-,11+/m1/s1. The van der Waals surface area contributed by atoms with Gasteiger partial charge in [0.15, 0.2) is 0 Å². The molecule has 1 amide bonds. The number of nitrogen functional groups attached to an aromatic ring is 1. The molecular formula is C13H23N5OS. The van der Waals surface area contributed by atoms with Crippen LogP contribution >= 0.6 is 11.8 Å². The van der Waals surface area contributed by atoms with Crippen LogP contribution in [-0.4, -0.2) is 32.6 Å². The summed E-state index contributed by atoms with van der Waals surface area (Å²) in [5.74, 6) is 7.98. The number of nitrogens with one attached hydrogen (secondary N) is 1. The van der Waals surface area contributed by atoms with E-state index < -0.39 is 0 Å². The molecule has 1 aromatic rings. The van der Waals surface area contributed by atoms with Gasteiger partial charge in [-0.1, -0.05) is 38.5 Å². The zero-order valence-corrected chi connectivity index (χ0v) is 13.1. The quantitative estimate of drug-likeness (QED) is 0.647. The van der Waals surface area contributed by atoms with E-state index in [0.29, 0.717) is 34.6 Å². The number of carbonyl (C=O) groups excluding carboxylic acids is 1. The zero-order valence-electron chi connectivity index (χ0n) is 12.3. The van der Waals surface area contributed by atoms with Gasteiger partial charge in [-0.05, 0) is 25.2 Å². The second-order valence-electron chi connectivity index (χ2n) is 5.63. The molecule has 2 rings (SSSR count). The topological polar surface area (TPSA) is 85.8 Å². The Kier molecular flexibility index (Phi) is 4.91. The lowest BCUT2D eigenvalue weighted by molar-refractivity contribution is -0.120. The van der Waals surface area contributed by atoms with Crippen LogP contribution in [0.15, 0.2) is 5.16 Å². The maximum atomic E-state index is 12.0. The van der Waals surface area contributed by atoms with Gasteiger partial charge in [0.2, 0.25) is 11.1 Å². The maximum absolute atomic E-state index is 12.0. The van der Waals surface area contributed by atoms with Gasteiger partial charge in [0, 0.05) is 6.04 Å². The van der Waals surface area contributed by atoms with E-state index in [2.05, 4.69) is 29.4 Å². The smallest absolute Gasteiger partial charge is 0.230 e. The molecular weight excluding hydrogens is 274 g/mol. The summed E-state index contributed by atoms with van der Waals surface area (Å²) in [6.45, 7) is 6.27. The van der Waals surface area contributed by atoms with Crippen molar-refractivity contribution in [2.75, 3.05) is 11.6 Å². The van der Waals surface area contributed by atoms with E-state index >= 15 is 0 Å². The van der Waals surface area contributed by atoms with Crippen LogP contribution in [0.2, 0.25) is 0 Å². The Morgan fingerprint density at radius 3 is 2.85 bits per heavy atom. The van der Waals surface area contributed by atoms with Crippen LogP contribution < -0.4 is 11.2 Å². The van der Waals surface area contributed by atoms with Crippen molar-refractivity contribution in [3.63, 3.8) is 0 Å². The molecule has 112 valence electrons. The van der Waals surface area contributed by atoms with E-state index in [-0.39, 0.29) is 5.91 Å². The maximum Gasteiger partial charge on any atom is 0.230 e. The first-order valence-corrected chi connectivity index (χ1v) is 8.07. The SMILES string of the molecule is Cc1nnc(SCC(=O)N[C@H]2CCC[C@@H](C)[C@H]2C)n1N. The molecule has 0 radical (unpaired) electrons. The van der Waals surface area contributed by atoms with Crippen LogP contribution in [-0.2, 0) is 4.79 Å². The fraction of sp³-hybridized carbons (Fsp3) is 0.769. The molecule has 1 aromatic heterocycles. The lowest BCUT2D eigenvalue weighted by Gasteiger charge is -2.34. The Balaban J connectivity index is 1.82. The van der Waals surface area contributed by atoms with Crippen molar-refractivity contribution in [3.05, 3.63) is 5.82 Å². The molecule has 3 atom stereocenters. The molecule has 20 heavy (non-hydrogen) atoms. The van der Waals surface area contributed by atoms with Crippen molar-refractivity contribution in [1.82, 2.24) is 20.2 Å². The van der Waals surface area contributed by atoms with Gasteiger partial charge in [0.05, 0.1) is 5.75 Å². The molecule has 0 aromatic carbocycles. The summed E-state index contributed by atoms with van der Waals surface area (Å²) in [5, 5.41) is 11.5. The highest BCUT2D eigenvalue weighted by atomic mass is 32.2. The highest BCUT2D eigenvalue weighted by molar-refractivity contribution is 7.99. The number of hydrogen-bond donors (Lipinski definition) is 2. The van der Waals surface area contributed by atoms with E-state index in [9.17, 15) is 4.79 Å². The molecule has 7 heteroatoms. The van der Waals surface area contributed by atoms with E-state index in [1.165, 1.54) is 29.3 Å². The Hall–Kier alpha value is -1.24. The van der Waals surface area contributed by atoms with Crippen molar-refractivity contribution >= 4 is 17.7 Å². The molecule has 0 unspecified atom stereocenters. The number of nitrogens with zero attached hydrogens (tertiary/aromatic N) is 3. The van der Waals surface area contributed by atoms with Crippen molar-refractivity contribution in [2.24, 2.45) is 11.8 Å². The third-order valence-electron chi connectivity index (χ3n) is 4.22. The molecule has 1 saturated carbocycles. The molecule has 1 fully saturated rings. The summed E-state index contributed by atoms with van der Waals surface area (Å²) in [4.78, 5) is 12.0. The largest absolute Gasteiger partial charge is 0.352 e. The van der Waals surface area contributed by atoms with Crippen LogP contribution in [0, 0.1) is 18.8 Å². The fourth-order valence-corrected chi connectivity index (χ4v) is 3.33. The number of aryl methyl sites for hydroxylation is 1. The molecule has 0 saturated heterocycles. The number of rotatable bonds is 4. The predicted molar refractivity (Wildman–Crippen MR) is 79.7 cm³/mol. The Morgan fingerprint density at radius 2 is 2.20 bits per heavy atom. The summed E-state index contributed by atoms with van der Waals surface area (Å²) in [6.07, 6.45) is 3.53. The van der Waals surface area contributed by atoms with Crippen LogP contribution in [0.3, 0.4) is 0 Å².